The lowest BCUT2D eigenvalue weighted by Crippen LogP contribution is -2.53. The standard InChI is InChI=1S/C15H22N2O3/c1-4-17(15(2,3)14(19)20)13(18)9-11-7-5-6-8-12(11)10-16/h5-8H,4,9-10,16H2,1-3H3,(H,19,20). The summed E-state index contributed by atoms with van der Waals surface area (Å²) in [7, 11) is 0. The number of aliphatic carboxylic acids is 1. The highest BCUT2D eigenvalue weighted by Crippen LogP contribution is 2.18. The first-order chi connectivity index (χ1) is 9.34. The van der Waals surface area contributed by atoms with Crippen LogP contribution in [0.25, 0.3) is 0 Å². The number of nitrogens with zero attached hydrogens (tertiary/aromatic N) is 1. The van der Waals surface area contributed by atoms with E-state index in [0.29, 0.717) is 13.1 Å². The Bertz CT molecular complexity index is 498. The highest BCUT2D eigenvalue weighted by molar-refractivity contribution is 5.87. The summed E-state index contributed by atoms with van der Waals surface area (Å²) in [6, 6.07) is 7.44. The molecule has 1 aromatic carbocycles. The molecule has 1 aromatic rings. The van der Waals surface area contributed by atoms with Crippen molar-refractivity contribution in [3.05, 3.63) is 35.4 Å². The number of amides is 1. The normalized spacial score (nSPS) is 11.2. The molecule has 0 heterocycles. The van der Waals surface area contributed by atoms with E-state index in [4.69, 9.17) is 5.73 Å². The molecule has 1 amide bonds. The Morgan fingerprint density at radius 3 is 2.25 bits per heavy atom. The minimum absolute atomic E-state index is 0.165. The van der Waals surface area contributed by atoms with Gasteiger partial charge in [-0.15, -0.1) is 0 Å². The Kier molecular flexibility index (Phi) is 5.27. The largest absolute Gasteiger partial charge is 0.480 e. The number of likely N-dealkylation sites (N-methyl/N-ethyl adjacent to an activating group) is 1. The Morgan fingerprint density at radius 2 is 1.80 bits per heavy atom. The smallest absolute Gasteiger partial charge is 0.329 e. The molecule has 0 unspecified atom stereocenters. The third-order valence-electron chi connectivity index (χ3n) is 3.50. The van der Waals surface area contributed by atoms with Crippen molar-refractivity contribution in [2.75, 3.05) is 6.54 Å². The van der Waals surface area contributed by atoms with Crippen LogP contribution in [0.3, 0.4) is 0 Å². The molecule has 0 aliphatic carbocycles. The van der Waals surface area contributed by atoms with Gasteiger partial charge in [0.05, 0.1) is 6.42 Å². The molecule has 0 spiro atoms. The third-order valence-corrected chi connectivity index (χ3v) is 3.50. The maximum atomic E-state index is 12.4. The van der Waals surface area contributed by atoms with Gasteiger partial charge in [0.25, 0.3) is 0 Å². The first-order valence-corrected chi connectivity index (χ1v) is 6.65. The quantitative estimate of drug-likeness (QED) is 0.824. The lowest BCUT2D eigenvalue weighted by atomic mass is 9.99. The SMILES string of the molecule is CCN(C(=O)Cc1ccccc1CN)C(C)(C)C(=O)O. The molecule has 0 aromatic heterocycles. The molecule has 0 aliphatic rings. The fourth-order valence-electron chi connectivity index (χ4n) is 2.19. The third kappa shape index (κ3) is 3.36. The second-order valence-electron chi connectivity index (χ2n) is 5.15. The van der Waals surface area contributed by atoms with Crippen molar-refractivity contribution < 1.29 is 14.7 Å². The average molecular weight is 278 g/mol. The summed E-state index contributed by atoms with van der Waals surface area (Å²) in [4.78, 5) is 25.0. The minimum atomic E-state index is -1.22. The van der Waals surface area contributed by atoms with Crippen LogP contribution in [0.2, 0.25) is 0 Å². The van der Waals surface area contributed by atoms with Gasteiger partial charge in [0, 0.05) is 13.1 Å². The minimum Gasteiger partial charge on any atom is -0.480 e. The summed E-state index contributed by atoms with van der Waals surface area (Å²) in [6.45, 7) is 5.55. The molecule has 1 rings (SSSR count). The predicted molar refractivity (Wildman–Crippen MR) is 77.1 cm³/mol. The van der Waals surface area contributed by atoms with Crippen LogP contribution < -0.4 is 5.73 Å². The van der Waals surface area contributed by atoms with Crippen LogP contribution in [0.15, 0.2) is 24.3 Å². The van der Waals surface area contributed by atoms with Crippen LogP contribution in [0.5, 0.6) is 0 Å². The summed E-state index contributed by atoms with van der Waals surface area (Å²) in [5.41, 5.74) is 6.19. The van der Waals surface area contributed by atoms with Crippen molar-refractivity contribution in [3.8, 4) is 0 Å². The van der Waals surface area contributed by atoms with Gasteiger partial charge in [-0.3, -0.25) is 4.79 Å². The van der Waals surface area contributed by atoms with Crippen LogP contribution in [0.4, 0.5) is 0 Å². The van der Waals surface area contributed by atoms with Gasteiger partial charge in [-0.2, -0.15) is 0 Å². The van der Waals surface area contributed by atoms with E-state index in [2.05, 4.69) is 0 Å². The molecule has 5 heteroatoms. The molecule has 0 bridgehead atoms. The molecule has 0 aliphatic heterocycles. The van der Waals surface area contributed by atoms with Crippen molar-refractivity contribution in [2.24, 2.45) is 5.73 Å². The highest BCUT2D eigenvalue weighted by atomic mass is 16.4. The molecule has 0 saturated carbocycles. The van der Waals surface area contributed by atoms with E-state index < -0.39 is 11.5 Å². The number of hydrogen-bond donors (Lipinski definition) is 2. The van der Waals surface area contributed by atoms with Crippen molar-refractivity contribution in [2.45, 2.75) is 39.3 Å². The number of carboxylic acid groups (broad SMARTS) is 1. The molecule has 0 fully saturated rings. The van der Waals surface area contributed by atoms with Crippen LogP contribution >= 0.6 is 0 Å². The first kappa shape index (κ1) is 16.2. The summed E-state index contributed by atoms with van der Waals surface area (Å²) in [5.74, 6) is -1.22. The zero-order valence-corrected chi connectivity index (χ0v) is 12.2. The number of carbonyl (C=O) groups excluding carboxylic acids is 1. The number of nitrogens with two attached hydrogens (primary N) is 1. The average Bonchev–Trinajstić information content (AvgIpc) is 2.39. The molecule has 3 N–H and O–H groups in total. The van der Waals surface area contributed by atoms with Gasteiger partial charge in [-0.25, -0.2) is 4.79 Å². The fraction of sp³-hybridized carbons (Fsp3) is 0.467. The van der Waals surface area contributed by atoms with Crippen LogP contribution in [-0.2, 0) is 22.6 Å². The van der Waals surface area contributed by atoms with Gasteiger partial charge >= 0.3 is 5.97 Å². The zero-order valence-electron chi connectivity index (χ0n) is 12.2. The predicted octanol–water partition coefficient (Wildman–Crippen LogP) is 1.40. The molecular formula is C15H22N2O3. The van der Waals surface area contributed by atoms with E-state index in [1.165, 1.54) is 18.7 Å². The Hall–Kier alpha value is -1.88. The van der Waals surface area contributed by atoms with E-state index in [1.54, 1.807) is 6.92 Å². The Balaban J connectivity index is 2.96. The highest BCUT2D eigenvalue weighted by Gasteiger charge is 2.36. The lowest BCUT2D eigenvalue weighted by Gasteiger charge is -2.34. The van der Waals surface area contributed by atoms with E-state index in [-0.39, 0.29) is 12.3 Å². The first-order valence-electron chi connectivity index (χ1n) is 6.65. The molecule has 5 nitrogen and oxygen atoms in total. The van der Waals surface area contributed by atoms with Gasteiger partial charge in [-0.1, -0.05) is 24.3 Å². The molecule has 0 saturated heterocycles. The molecule has 110 valence electrons. The van der Waals surface area contributed by atoms with Crippen LogP contribution in [0.1, 0.15) is 31.9 Å². The maximum Gasteiger partial charge on any atom is 0.329 e. The van der Waals surface area contributed by atoms with Gasteiger partial charge in [0.2, 0.25) is 5.91 Å². The van der Waals surface area contributed by atoms with Gasteiger partial charge < -0.3 is 15.7 Å². The lowest BCUT2D eigenvalue weighted by molar-refractivity contribution is -0.156. The summed E-state index contributed by atoms with van der Waals surface area (Å²) >= 11 is 0. The molecule has 0 radical (unpaired) electrons. The Morgan fingerprint density at radius 1 is 1.25 bits per heavy atom. The van der Waals surface area contributed by atoms with Gasteiger partial charge in [-0.05, 0) is 31.9 Å². The summed E-state index contributed by atoms with van der Waals surface area (Å²) < 4.78 is 0. The number of benzene rings is 1. The second-order valence-corrected chi connectivity index (χ2v) is 5.15. The summed E-state index contributed by atoms with van der Waals surface area (Å²) in [6.07, 6.45) is 0.165. The topological polar surface area (TPSA) is 83.6 Å². The second kappa shape index (κ2) is 6.52. The van der Waals surface area contributed by atoms with E-state index in [0.717, 1.165) is 11.1 Å². The van der Waals surface area contributed by atoms with Crippen molar-refractivity contribution in [3.63, 3.8) is 0 Å². The van der Waals surface area contributed by atoms with E-state index in [1.807, 2.05) is 24.3 Å². The van der Waals surface area contributed by atoms with Crippen molar-refractivity contribution in [1.29, 1.82) is 0 Å². The Labute approximate surface area is 119 Å². The maximum absolute atomic E-state index is 12.4. The van der Waals surface area contributed by atoms with Crippen LogP contribution in [-0.4, -0.2) is 34.0 Å². The van der Waals surface area contributed by atoms with Crippen LogP contribution in [0, 0.1) is 0 Å². The van der Waals surface area contributed by atoms with E-state index >= 15 is 0 Å². The van der Waals surface area contributed by atoms with Crippen molar-refractivity contribution >= 4 is 11.9 Å². The molecule has 20 heavy (non-hydrogen) atoms. The van der Waals surface area contributed by atoms with E-state index in [9.17, 15) is 14.7 Å². The number of carbonyl (C=O) groups is 2. The number of carboxylic acids is 1. The van der Waals surface area contributed by atoms with Crippen molar-refractivity contribution in [1.82, 2.24) is 4.90 Å². The number of hydrogen-bond acceptors (Lipinski definition) is 3. The molecular weight excluding hydrogens is 256 g/mol. The van der Waals surface area contributed by atoms with Gasteiger partial charge in [0.1, 0.15) is 5.54 Å². The van der Waals surface area contributed by atoms with Gasteiger partial charge in [0.15, 0.2) is 0 Å². The fourth-order valence-corrected chi connectivity index (χ4v) is 2.19. The monoisotopic (exact) mass is 278 g/mol. The number of rotatable bonds is 6. The molecule has 0 atom stereocenters. The zero-order chi connectivity index (χ0) is 15.3. The summed E-state index contributed by atoms with van der Waals surface area (Å²) in [5, 5.41) is 9.24.